The molecule has 0 fully saturated rings. The van der Waals surface area contributed by atoms with Crippen LogP contribution in [0.15, 0.2) is 94.7 Å². The first kappa shape index (κ1) is 16.4. The van der Waals surface area contributed by atoms with Crippen LogP contribution in [0.5, 0.6) is 0 Å². The molecule has 4 aromatic carbocycles. The third kappa shape index (κ3) is 3.42. The molecule has 0 radical (unpaired) electrons. The number of benzene rings is 4. The van der Waals surface area contributed by atoms with E-state index in [1.54, 1.807) is 0 Å². The summed E-state index contributed by atoms with van der Waals surface area (Å²) in [5, 5.41) is 5.24. The number of rotatable bonds is 3. The third-order valence-electron chi connectivity index (χ3n) is 3.72. The summed E-state index contributed by atoms with van der Waals surface area (Å²) < 4.78 is 0. The van der Waals surface area contributed by atoms with Crippen LogP contribution in [0.25, 0.3) is 21.5 Å². The van der Waals surface area contributed by atoms with Gasteiger partial charge in [-0.05, 0) is 33.7 Å². The van der Waals surface area contributed by atoms with Gasteiger partial charge in [-0.3, -0.25) is 0 Å². The highest BCUT2D eigenvalue weighted by Gasteiger charge is 2.05. The van der Waals surface area contributed by atoms with E-state index < -0.39 is 0 Å². The summed E-state index contributed by atoms with van der Waals surface area (Å²) in [6, 6.07) is 30.1. The maximum Gasteiger partial charge on any atom is 0.0264 e. The summed E-state index contributed by atoms with van der Waals surface area (Å²) in [5.74, 6) is 0. The zero-order valence-corrected chi connectivity index (χ0v) is 15.7. The minimum atomic E-state index is 0. The standard InChI is InChI=1S/C20H14S2.BrH/c1-3-11-17-15(7-1)9-5-13-19(17)21-22-20-14-6-10-16-8-2-4-12-18(16)20;/h1-14H;1H. The third-order valence-corrected chi connectivity index (χ3v) is 6.20. The first-order chi connectivity index (χ1) is 10.9. The molecule has 0 aliphatic rings. The van der Waals surface area contributed by atoms with Gasteiger partial charge in [-0.25, -0.2) is 0 Å². The highest BCUT2D eigenvalue weighted by atomic mass is 79.9. The minimum absolute atomic E-state index is 0. The summed E-state index contributed by atoms with van der Waals surface area (Å²) in [7, 11) is 3.67. The van der Waals surface area contributed by atoms with Gasteiger partial charge in [0, 0.05) is 9.79 Å². The fraction of sp³-hybridized carbons (Fsp3) is 0. The molecule has 4 rings (SSSR count). The number of hydrogen-bond acceptors (Lipinski definition) is 2. The van der Waals surface area contributed by atoms with Gasteiger partial charge in [-0.15, -0.1) is 17.0 Å². The van der Waals surface area contributed by atoms with Gasteiger partial charge in [-0.1, -0.05) is 94.4 Å². The molecule has 0 nitrogen and oxygen atoms in total. The lowest BCUT2D eigenvalue weighted by atomic mass is 10.1. The van der Waals surface area contributed by atoms with Crippen LogP contribution in [0.2, 0.25) is 0 Å². The lowest BCUT2D eigenvalue weighted by Gasteiger charge is -2.08. The molecule has 3 heteroatoms. The van der Waals surface area contributed by atoms with Gasteiger partial charge >= 0.3 is 0 Å². The van der Waals surface area contributed by atoms with Crippen LogP contribution >= 0.6 is 38.6 Å². The molecule has 4 aromatic rings. The monoisotopic (exact) mass is 398 g/mol. The molecule has 0 bridgehead atoms. The zero-order valence-electron chi connectivity index (χ0n) is 12.3. The van der Waals surface area contributed by atoms with Gasteiger partial charge in [0.25, 0.3) is 0 Å². The van der Waals surface area contributed by atoms with Crippen LogP contribution in [0.4, 0.5) is 0 Å². The van der Waals surface area contributed by atoms with Crippen LogP contribution in [0, 0.1) is 0 Å². The Hall–Kier alpha value is -1.42. The molecule has 0 aliphatic heterocycles. The SMILES string of the molecule is Br.c1ccc2c(SSc3cccc4ccccc34)cccc2c1. The molecule has 0 atom stereocenters. The Morgan fingerprint density at radius 2 is 0.826 bits per heavy atom. The topological polar surface area (TPSA) is 0 Å². The van der Waals surface area contributed by atoms with Gasteiger partial charge < -0.3 is 0 Å². The van der Waals surface area contributed by atoms with Crippen LogP contribution in [0.3, 0.4) is 0 Å². The van der Waals surface area contributed by atoms with Crippen molar-refractivity contribution >= 4 is 60.1 Å². The summed E-state index contributed by atoms with van der Waals surface area (Å²) in [6.45, 7) is 0. The maximum absolute atomic E-state index is 2.20. The van der Waals surface area contributed by atoms with Gasteiger partial charge in [0.15, 0.2) is 0 Å². The van der Waals surface area contributed by atoms with E-state index in [9.17, 15) is 0 Å². The van der Waals surface area contributed by atoms with Gasteiger partial charge in [0.2, 0.25) is 0 Å². The van der Waals surface area contributed by atoms with Crippen molar-refractivity contribution in [3.63, 3.8) is 0 Å². The van der Waals surface area contributed by atoms with Crippen LogP contribution in [-0.2, 0) is 0 Å². The van der Waals surface area contributed by atoms with Gasteiger partial charge in [0.05, 0.1) is 0 Å². The molecule has 0 N–H and O–H groups in total. The molecule has 0 spiro atoms. The predicted molar refractivity (Wildman–Crippen MR) is 110 cm³/mol. The second-order valence-corrected chi connectivity index (χ2v) is 7.33. The van der Waals surface area contributed by atoms with E-state index in [1.165, 1.54) is 31.3 Å². The largest absolute Gasteiger partial charge is 0.114 e. The van der Waals surface area contributed by atoms with E-state index >= 15 is 0 Å². The van der Waals surface area contributed by atoms with Crippen molar-refractivity contribution in [1.29, 1.82) is 0 Å². The summed E-state index contributed by atoms with van der Waals surface area (Å²) in [4.78, 5) is 2.63. The normalized spacial score (nSPS) is 10.6. The van der Waals surface area contributed by atoms with Crippen molar-refractivity contribution in [2.45, 2.75) is 9.79 Å². The average Bonchev–Trinajstić information content (AvgIpc) is 2.60. The fourth-order valence-electron chi connectivity index (χ4n) is 2.63. The molecule has 0 aliphatic carbocycles. The summed E-state index contributed by atoms with van der Waals surface area (Å²) in [5.41, 5.74) is 0. The number of hydrogen-bond donors (Lipinski definition) is 0. The van der Waals surface area contributed by atoms with Crippen molar-refractivity contribution < 1.29 is 0 Å². The molecular weight excluding hydrogens is 384 g/mol. The van der Waals surface area contributed by atoms with Gasteiger partial charge in [-0.2, -0.15) is 0 Å². The molecular formula is C20H15BrS2. The van der Waals surface area contributed by atoms with Crippen molar-refractivity contribution in [3.05, 3.63) is 84.9 Å². The Morgan fingerprint density at radius 1 is 0.435 bits per heavy atom. The predicted octanol–water partition coefficient (Wildman–Crippen LogP) is 7.37. The van der Waals surface area contributed by atoms with E-state index in [-0.39, 0.29) is 17.0 Å². The maximum atomic E-state index is 2.20. The van der Waals surface area contributed by atoms with E-state index in [4.69, 9.17) is 0 Å². The van der Waals surface area contributed by atoms with E-state index in [0.717, 1.165) is 0 Å². The average molecular weight is 399 g/mol. The molecule has 0 heterocycles. The highest BCUT2D eigenvalue weighted by Crippen LogP contribution is 2.42. The molecule has 0 aromatic heterocycles. The number of halogens is 1. The van der Waals surface area contributed by atoms with E-state index in [0.29, 0.717) is 0 Å². The Balaban J connectivity index is 0.00000156. The molecule has 0 amide bonds. The highest BCUT2D eigenvalue weighted by molar-refractivity contribution is 8.93. The minimum Gasteiger partial charge on any atom is -0.114 e. The Kier molecular flexibility index (Phi) is 5.31. The second kappa shape index (κ2) is 7.43. The summed E-state index contributed by atoms with van der Waals surface area (Å²) >= 11 is 0. The van der Waals surface area contributed by atoms with Crippen molar-refractivity contribution in [2.24, 2.45) is 0 Å². The van der Waals surface area contributed by atoms with Crippen LogP contribution < -0.4 is 0 Å². The van der Waals surface area contributed by atoms with Crippen molar-refractivity contribution in [3.8, 4) is 0 Å². The fourth-order valence-corrected chi connectivity index (χ4v) is 5.04. The van der Waals surface area contributed by atoms with Crippen LogP contribution in [-0.4, -0.2) is 0 Å². The Labute approximate surface area is 154 Å². The van der Waals surface area contributed by atoms with Crippen molar-refractivity contribution in [2.75, 3.05) is 0 Å². The van der Waals surface area contributed by atoms with Crippen LogP contribution in [0.1, 0.15) is 0 Å². The first-order valence-corrected chi connectivity index (χ1v) is 9.37. The molecule has 0 saturated carbocycles. The Bertz CT molecular complexity index is 860. The molecule has 0 saturated heterocycles. The smallest absolute Gasteiger partial charge is 0.0264 e. The quantitative estimate of drug-likeness (QED) is 0.330. The zero-order chi connectivity index (χ0) is 14.8. The Morgan fingerprint density at radius 3 is 1.30 bits per heavy atom. The molecule has 114 valence electrons. The molecule has 23 heavy (non-hydrogen) atoms. The lowest BCUT2D eigenvalue weighted by Crippen LogP contribution is -1.77. The second-order valence-electron chi connectivity index (χ2n) is 5.12. The van der Waals surface area contributed by atoms with E-state index in [2.05, 4.69) is 84.9 Å². The number of fused-ring (bicyclic) bond motifs is 2. The van der Waals surface area contributed by atoms with Gasteiger partial charge in [0.1, 0.15) is 0 Å². The van der Waals surface area contributed by atoms with Crippen molar-refractivity contribution in [1.82, 2.24) is 0 Å². The molecule has 0 unspecified atom stereocenters. The first-order valence-electron chi connectivity index (χ1n) is 7.22. The summed E-state index contributed by atoms with van der Waals surface area (Å²) in [6.07, 6.45) is 0. The lowest BCUT2D eigenvalue weighted by molar-refractivity contribution is 1.55. The van der Waals surface area contributed by atoms with E-state index in [1.807, 2.05) is 21.6 Å².